The number of nitrogens with one attached hydrogen (secondary N) is 2. The van der Waals surface area contributed by atoms with Crippen molar-refractivity contribution in [3.8, 4) is 11.4 Å². The van der Waals surface area contributed by atoms with Crippen LogP contribution in [0.4, 0.5) is 0 Å². The molecule has 4 rings (SSSR count). The molecule has 2 aromatic rings. The zero-order valence-corrected chi connectivity index (χ0v) is 21.3. The predicted octanol–water partition coefficient (Wildman–Crippen LogP) is 3.35. The summed E-state index contributed by atoms with van der Waals surface area (Å²) in [5.74, 6) is 1.04. The first-order valence-electron chi connectivity index (χ1n) is 11.7. The molecule has 0 bridgehead atoms. The molecule has 0 atom stereocenters. The topological polar surface area (TPSA) is 121 Å². The van der Waals surface area contributed by atoms with Crippen LogP contribution in [0.1, 0.15) is 94.0 Å². The van der Waals surface area contributed by atoms with Crippen molar-refractivity contribution in [1.82, 2.24) is 9.97 Å². The molecule has 0 spiro atoms. The number of halogens is 1. The molecule has 3 N–H and O–H groups in total. The van der Waals surface area contributed by atoms with Crippen LogP contribution in [0.5, 0.6) is 0 Å². The third-order valence-corrected chi connectivity index (χ3v) is 6.28. The Hall–Kier alpha value is -0.791. The van der Waals surface area contributed by atoms with Gasteiger partial charge in [-0.15, -0.1) is 0 Å². The molecule has 2 saturated carbocycles. The van der Waals surface area contributed by atoms with Crippen molar-refractivity contribution < 1.29 is 45.9 Å². The second-order valence-electron chi connectivity index (χ2n) is 8.95. The SMILES string of the molecule is C1CCCC1.Cc1ccc(-c2cc(CCCCC3CCCC3)c(C)[nH]2)[nH]1.[Fe].[O-][Cl+3]([O-])([O-])O. The van der Waals surface area contributed by atoms with Crippen LogP contribution in [-0.2, 0) is 23.5 Å². The van der Waals surface area contributed by atoms with Gasteiger partial charge in [0.05, 0.1) is 26.3 Å². The molecule has 6 nitrogen and oxygen atoms in total. The number of aromatic nitrogens is 2. The average molecular weight is 511 g/mol. The van der Waals surface area contributed by atoms with Gasteiger partial charge in [0.2, 0.25) is 0 Å². The van der Waals surface area contributed by atoms with Crippen molar-refractivity contribution in [3.05, 3.63) is 35.2 Å². The van der Waals surface area contributed by atoms with Crippen molar-refractivity contribution in [2.75, 3.05) is 0 Å². The Morgan fingerprint density at radius 2 is 1.44 bits per heavy atom. The Bertz CT molecular complexity index is 734. The molecule has 8 heteroatoms. The molecule has 0 saturated heterocycles. The van der Waals surface area contributed by atoms with E-state index in [-0.39, 0.29) is 17.1 Å². The molecule has 184 valence electrons. The van der Waals surface area contributed by atoms with Crippen LogP contribution in [0.2, 0.25) is 0 Å². The smallest absolute Gasteiger partial charge is 0.0777 e. The van der Waals surface area contributed by atoms with E-state index < -0.39 is 10.2 Å². The molecule has 0 aromatic carbocycles. The van der Waals surface area contributed by atoms with Gasteiger partial charge in [-0.1, -0.05) is 70.6 Å². The molecule has 2 heterocycles. The molecule has 2 fully saturated rings. The Kier molecular flexibility index (Phi) is 13.9. The fourth-order valence-corrected chi connectivity index (χ4v) is 4.60. The second-order valence-corrected chi connectivity index (χ2v) is 9.74. The molecule has 0 unspecified atom stereocenters. The normalized spacial score (nSPS) is 16.1. The van der Waals surface area contributed by atoms with Crippen LogP contribution in [0, 0.1) is 30.0 Å². The van der Waals surface area contributed by atoms with Gasteiger partial charge in [0.25, 0.3) is 0 Å². The van der Waals surface area contributed by atoms with E-state index in [4.69, 9.17) is 18.6 Å². The first kappa shape index (κ1) is 29.2. The van der Waals surface area contributed by atoms with Crippen molar-refractivity contribution >= 4 is 0 Å². The van der Waals surface area contributed by atoms with Gasteiger partial charge in [0.1, 0.15) is 0 Å². The Morgan fingerprint density at radius 3 is 1.94 bits per heavy atom. The van der Waals surface area contributed by atoms with E-state index in [1.54, 1.807) is 0 Å². The van der Waals surface area contributed by atoms with Crippen LogP contribution in [0.3, 0.4) is 0 Å². The maximum Gasteiger partial charge on any atom is 0.0777 e. The van der Waals surface area contributed by atoms with Crippen LogP contribution in [-0.4, -0.2) is 14.6 Å². The quantitative estimate of drug-likeness (QED) is 0.407. The van der Waals surface area contributed by atoms with Gasteiger partial charge in [-0.3, -0.25) is 0 Å². The van der Waals surface area contributed by atoms with Crippen LogP contribution in [0.25, 0.3) is 11.4 Å². The van der Waals surface area contributed by atoms with Gasteiger partial charge in [-0.2, -0.15) is 14.0 Å². The van der Waals surface area contributed by atoms with Crippen molar-refractivity contribution in [3.63, 3.8) is 0 Å². The molecule has 2 aromatic heterocycles. The molecule has 0 amide bonds. The summed E-state index contributed by atoms with van der Waals surface area (Å²) in [4.78, 5) is 6.93. The Morgan fingerprint density at radius 1 is 0.875 bits per heavy atom. The maximum atomic E-state index is 8.60. The van der Waals surface area contributed by atoms with E-state index in [1.807, 2.05) is 0 Å². The third-order valence-electron chi connectivity index (χ3n) is 6.28. The van der Waals surface area contributed by atoms with E-state index in [2.05, 4.69) is 42.0 Å². The number of unbranched alkanes of at least 4 members (excludes halogenated alkanes) is 1. The summed E-state index contributed by atoms with van der Waals surface area (Å²) in [5.41, 5.74) is 6.47. The summed E-state index contributed by atoms with van der Waals surface area (Å²) in [6.07, 6.45) is 18.8. The zero-order chi connectivity index (χ0) is 22.7. The summed E-state index contributed by atoms with van der Waals surface area (Å²) in [5, 5.41) is 0. The van der Waals surface area contributed by atoms with Crippen molar-refractivity contribution in [1.29, 1.82) is 0 Å². The molecule has 0 aliphatic heterocycles. The van der Waals surface area contributed by atoms with E-state index in [9.17, 15) is 0 Å². The van der Waals surface area contributed by atoms with Gasteiger partial charge in [0, 0.05) is 28.5 Å². The van der Waals surface area contributed by atoms with E-state index in [1.165, 1.54) is 112 Å². The predicted molar refractivity (Wildman–Crippen MR) is 115 cm³/mol. The molecular weight excluding hydrogens is 472 g/mol. The molecule has 32 heavy (non-hydrogen) atoms. The van der Waals surface area contributed by atoms with E-state index in [0.29, 0.717) is 0 Å². The summed E-state index contributed by atoms with van der Waals surface area (Å²) in [6.45, 7) is 4.30. The minimum atomic E-state index is -4.69. The minimum Gasteiger partial charge on any atom is -0.357 e. The minimum absolute atomic E-state index is 0. The second kappa shape index (κ2) is 15.2. The van der Waals surface area contributed by atoms with E-state index >= 15 is 0 Å². The number of rotatable bonds is 6. The van der Waals surface area contributed by atoms with Crippen LogP contribution >= 0.6 is 0 Å². The summed E-state index contributed by atoms with van der Waals surface area (Å²) >= 11 is 0. The largest absolute Gasteiger partial charge is 0.357 e. The zero-order valence-electron chi connectivity index (χ0n) is 19.4. The summed E-state index contributed by atoms with van der Waals surface area (Å²) in [7, 11) is -4.69. The fourth-order valence-electron chi connectivity index (χ4n) is 4.60. The Labute approximate surface area is 205 Å². The number of aromatic amines is 2. The van der Waals surface area contributed by atoms with Gasteiger partial charge in [-0.25, -0.2) is 0 Å². The number of hydrogen-bond acceptors (Lipinski definition) is 4. The van der Waals surface area contributed by atoms with Crippen LogP contribution < -0.4 is 14.0 Å². The van der Waals surface area contributed by atoms with Gasteiger partial charge in [-0.05, 0) is 56.4 Å². The average Bonchev–Trinajstić information content (AvgIpc) is 3.47. The van der Waals surface area contributed by atoms with Crippen LogP contribution in [0.15, 0.2) is 18.2 Å². The molecule has 0 radical (unpaired) electrons. The van der Waals surface area contributed by atoms with Gasteiger partial charge >= 0.3 is 0 Å². The van der Waals surface area contributed by atoms with Crippen molar-refractivity contribution in [2.24, 2.45) is 5.92 Å². The molecule has 2 aliphatic carbocycles. The third kappa shape index (κ3) is 12.4. The first-order chi connectivity index (χ1) is 14.7. The van der Waals surface area contributed by atoms with Gasteiger partial charge < -0.3 is 9.97 Å². The maximum absolute atomic E-state index is 8.60. The summed E-state index contributed by atoms with van der Waals surface area (Å²) in [6, 6.07) is 6.62. The number of hydrogen-bond donors (Lipinski definition) is 3. The van der Waals surface area contributed by atoms with Crippen molar-refractivity contribution in [2.45, 2.75) is 97.3 Å². The number of aryl methyl sites for hydroxylation is 3. The standard InChI is InChI=1S/C19H28N2.C5H10.ClHO4.Fe/c1-14-11-12-18(20-14)19-13-17(15(2)21-19)10-6-5-9-16-7-3-4-8-16;1-2-4-5-3-1;2-1(3,4)5;/h11-13,16,20-21H,3-10H2,1-2H3;1-5H2;(H,2,3,4,5);. The molecule has 2 aliphatic rings. The number of H-pyrrole nitrogens is 2. The Balaban J connectivity index is 0.000000388. The first-order valence-corrected chi connectivity index (χ1v) is 13.0. The molecular formula is C24H39ClFeN2O4. The van der Waals surface area contributed by atoms with E-state index in [0.717, 1.165) is 5.92 Å². The fraction of sp³-hybridized carbons (Fsp3) is 0.667. The van der Waals surface area contributed by atoms with Gasteiger partial charge in [0.15, 0.2) is 0 Å². The summed E-state index contributed by atoms with van der Waals surface area (Å²) < 4.78 is 32.7. The monoisotopic (exact) mass is 510 g/mol.